The minimum Gasteiger partial charge on any atom is -1.00 e. The van der Waals surface area contributed by atoms with Crippen molar-refractivity contribution in [2.75, 3.05) is 0 Å². The third-order valence-electron chi connectivity index (χ3n) is 0. The second-order valence-corrected chi connectivity index (χ2v) is 0. The minimum absolute atomic E-state index is 0. The maximum atomic E-state index is 0. The molecule has 0 amide bonds. The SMILES string of the molecule is P.[F-].[H-].[H-].[Li+].[Mg+2]. The Morgan fingerprint density at radius 1 is 1.25 bits per heavy atom. The van der Waals surface area contributed by atoms with E-state index in [0.717, 1.165) is 0 Å². The summed E-state index contributed by atoms with van der Waals surface area (Å²) in [6.07, 6.45) is 0. The summed E-state index contributed by atoms with van der Waals surface area (Å²) >= 11 is 0. The molecule has 0 aromatic rings. The van der Waals surface area contributed by atoms with Crippen LogP contribution >= 0.6 is 9.90 Å². The van der Waals surface area contributed by atoms with Crippen LogP contribution in [0.3, 0.4) is 0 Å². The summed E-state index contributed by atoms with van der Waals surface area (Å²) in [5, 5.41) is 0. The predicted molar refractivity (Wildman–Crippen MR) is 19.1 cm³/mol. The molecule has 0 spiro atoms. The van der Waals surface area contributed by atoms with Crippen LogP contribution in [0.5, 0.6) is 0 Å². The van der Waals surface area contributed by atoms with Gasteiger partial charge in [0.25, 0.3) is 0 Å². The zero-order valence-corrected chi connectivity index (χ0v) is 5.62. The molecule has 0 aliphatic rings. The summed E-state index contributed by atoms with van der Waals surface area (Å²) in [5.74, 6) is 0. The van der Waals surface area contributed by atoms with Crippen molar-refractivity contribution in [3.8, 4) is 0 Å². The van der Waals surface area contributed by atoms with E-state index in [1.54, 1.807) is 0 Å². The molecule has 0 aromatic carbocycles. The van der Waals surface area contributed by atoms with Gasteiger partial charge in [-0.25, -0.2) is 0 Å². The Kier molecular flexibility index (Phi) is 237. The molecule has 0 aliphatic carbocycles. The molecule has 0 fully saturated rings. The Bertz CT molecular complexity index is 13.5. The average Bonchev–Trinajstić information content (AvgIpc) is 0. The Morgan fingerprint density at radius 2 is 1.25 bits per heavy atom. The smallest absolute Gasteiger partial charge is 1.00 e. The van der Waals surface area contributed by atoms with E-state index in [-0.39, 0.29) is 59.4 Å². The summed E-state index contributed by atoms with van der Waals surface area (Å²) in [6, 6.07) is 0. The van der Waals surface area contributed by atoms with Gasteiger partial charge < -0.3 is 7.56 Å². The van der Waals surface area contributed by atoms with Gasteiger partial charge in [0.15, 0.2) is 0 Å². The zero-order chi connectivity index (χ0) is 0. The third kappa shape index (κ3) is 9.30. The number of halogens is 1. The van der Waals surface area contributed by atoms with Crippen LogP contribution in [0.15, 0.2) is 0 Å². The molecule has 0 saturated carbocycles. The van der Waals surface area contributed by atoms with Crippen molar-refractivity contribution < 1.29 is 26.4 Å². The first-order chi connectivity index (χ1) is 0. The zero-order valence-electron chi connectivity index (χ0n) is 4.79. The van der Waals surface area contributed by atoms with Crippen molar-refractivity contribution in [2.45, 2.75) is 0 Å². The molecule has 0 nitrogen and oxygen atoms in total. The molecule has 0 aliphatic heterocycles. The monoisotopic (exact) mass is 86.0 g/mol. The fourth-order valence-electron chi connectivity index (χ4n) is 0. The molecule has 0 N–H and O–H groups in total. The van der Waals surface area contributed by atoms with Crippen molar-refractivity contribution in [3.05, 3.63) is 0 Å². The normalized spacial score (nSPS) is 0. The van der Waals surface area contributed by atoms with Crippen molar-refractivity contribution >= 4 is 33.0 Å². The summed E-state index contributed by atoms with van der Waals surface area (Å²) in [5.41, 5.74) is 0. The van der Waals surface area contributed by atoms with Gasteiger partial charge in [0.2, 0.25) is 0 Å². The van der Waals surface area contributed by atoms with E-state index in [1.165, 1.54) is 0 Å². The first kappa shape index (κ1) is 43.0. The maximum Gasteiger partial charge on any atom is 2.00 e. The standard InChI is InChI=1S/FH.Li.Mg.H3P.2H/h1H;;;1H3;;/q;+1;+2;;2*-1/p-1. The number of hydrogen-bond donors (Lipinski definition) is 0. The van der Waals surface area contributed by atoms with Gasteiger partial charge in [0.05, 0.1) is 0 Å². The fourth-order valence-corrected chi connectivity index (χ4v) is 0. The molecule has 0 saturated heterocycles. The molecule has 4 heavy (non-hydrogen) atoms. The predicted octanol–water partition coefficient (Wildman–Crippen LogP) is -6.09. The molecule has 0 rings (SSSR count). The van der Waals surface area contributed by atoms with Crippen molar-refractivity contribution in [1.29, 1.82) is 0 Å². The molecule has 1 atom stereocenters. The van der Waals surface area contributed by atoms with Gasteiger partial charge in [0, 0.05) is 0 Å². The van der Waals surface area contributed by atoms with Crippen LogP contribution in [0.25, 0.3) is 0 Å². The second kappa shape index (κ2) is 22.0. The van der Waals surface area contributed by atoms with E-state index in [4.69, 9.17) is 0 Å². The van der Waals surface area contributed by atoms with Gasteiger partial charge >= 0.3 is 41.9 Å². The number of hydrogen-bond acceptors (Lipinski definition) is 0. The van der Waals surface area contributed by atoms with Crippen molar-refractivity contribution in [2.24, 2.45) is 0 Å². The fraction of sp³-hybridized carbons (Fsp3) is 0. The van der Waals surface area contributed by atoms with E-state index in [0.29, 0.717) is 0 Å². The van der Waals surface area contributed by atoms with Gasteiger partial charge in [-0.15, -0.1) is 0 Å². The summed E-state index contributed by atoms with van der Waals surface area (Å²) in [6.45, 7) is 0. The summed E-state index contributed by atoms with van der Waals surface area (Å²) < 4.78 is 0. The molecular formula is H5FLiMgP. The molecule has 20 valence electrons. The van der Waals surface area contributed by atoms with Crippen LogP contribution in [0.2, 0.25) is 0 Å². The van der Waals surface area contributed by atoms with Crippen LogP contribution in [0.1, 0.15) is 2.85 Å². The molecule has 0 aromatic heterocycles. The largest absolute Gasteiger partial charge is 2.00 e. The van der Waals surface area contributed by atoms with Crippen LogP contribution in [0.4, 0.5) is 0 Å². The molecular weight excluding hydrogens is 81.2 g/mol. The van der Waals surface area contributed by atoms with Crippen molar-refractivity contribution in [3.63, 3.8) is 0 Å². The summed E-state index contributed by atoms with van der Waals surface area (Å²) in [4.78, 5) is 0. The summed E-state index contributed by atoms with van der Waals surface area (Å²) in [7, 11) is 0. The van der Waals surface area contributed by atoms with E-state index in [2.05, 4.69) is 0 Å². The topological polar surface area (TPSA) is 0 Å². The average molecular weight is 86.3 g/mol. The van der Waals surface area contributed by atoms with Gasteiger partial charge in [0.1, 0.15) is 0 Å². The maximum absolute atomic E-state index is 0. The van der Waals surface area contributed by atoms with Gasteiger partial charge in [-0.3, -0.25) is 0 Å². The van der Waals surface area contributed by atoms with Crippen LogP contribution in [0, 0.1) is 0 Å². The van der Waals surface area contributed by atoms with Gasteiger partial charge in [-0.1, -0.05) is 0 Å². The quantitative estimate of drug-likeness (QED) is 0.203. The van der Waals surface area contributed by atoms with Gasteiger partial charge in [-0.05, 0) is 0 Å². The van der Waals surface area contributed by atoms with E-state index < -0.39 is 0 Å². The second-order valence-electron chi connectivity index (χ2n) is 0. The molecule has 0 bridgehead atoms. The van der Waals surface area contributed by atoms with E-state index >= 15 is 0 Å². The minimum atomic E-state index is 0. The van der Waals surface area contributed by atoms with E-state index in [9.17, 15) is 0 Å². The van der Waals surface area contributed by atoms with Crippen molar-refractivity contribution in [1.82, 2.24) is 0 Å². The molecule has 1 unspecified atom stereocenters. The van der Waals surface area contributed by atoms with Crippen LogP contribution in [-0.4, -0.2) is 23.1 Å². The first-order valence-electron chi connectivity index (χ1n) is 0. The molecule has 0 heterocycles. The Labute approximate surface area is 59.4 Å². The number of rotatable bonds is 0. The Morgan fingerprint density at radius 3 is 1.25 bits per heavy atom. The van der Waals surface area contributed by atoms with E-state index in [1.807, 2.05) is 0 Å². The van der Waals surface area contributed by atoms with Gasteiger partial charge in [-0.2, -0.15) is 9.90 Å². The van der Waals surface area contributed by atoms with Crippen LogP contribution in [-0.2, 0) is 0 Å². The molecule has 4 heteroatoms. The molecule has 0 radical (unpaired) electrons. The van der Waals surface area contributed by atoms with Crippen LogP contribution < -0.4 is 23.6 Å². The third-order valence-corrected chi connectivity index (χ3v) is 0. The Balaban J connectivity index is 0. The first-order valence-corrected chi connectivity index (χ1v) is 0. The Hall–Kier alpha value is 1.72.